The van der Waals surface area contributed by atoms with Crippen LogP contribution in [-0.4, -0.2) is 31.3 Å². The molecule has 1 atom stereocenters. The molecule has 0 radical (unpaired) electrons. The Labute approximate surface area is 117 Å². The van der Waals surface area contributed by atoms with Gasteiger partial charge in [0.25, 0.3) is 0 Å². The van der Waals surface area contributed by atoms with Crippen molar-refractivity contribution in [2.24, 2.45) is 5.92 Å². The number of rotatable bonds is 4. The van der Waals surface area contributed by atoms with Crippen LogP contribution in [0.1, 0.15) is 30.1 Å². The Balaban J connectivity index is 2.14. The molecule has 0 aliphatic carbocycles. The van der Waals surface area contributed by atoms with Crippen LogP contribution in [0, 0.1) is 5.92 Å². The summed E-state index contributed by atoms with van der Waals surface area (Å²) in [4.78, 5) is 36.5. The van der Waals surface area contributed by atoms with E-state index in [9.17, 15) is 14.4 Å². The molecule has 1 saturated heterocycles. The van der Waals surface area contributed by atoms with Gasteiger partial charge in [0.05, 0.1) is 13.0 Å². The zero-order chi connectivity index (χ0) is 14.7. The minimum Gasteiger partial charge on any atom is -0.469 e. The Morgan fingerprint density at radius 1 is 1.30 bits per heavy atom. The molecule has 1 unspecified atom stereocenters. The molecule has 1 aliphatic heterocycles. The molecule has 1 aromatic carbocycles. The number of esters is 1. The first-order valence-electron chi connectivity index (χ1n) is 6.58. The number of hydrogen-bond acceptors (Lipinski definition) is 4. The Hall–Kier alpha value is -2.17. The lowest BCUT2D eigenvalue weighted by atomic mass is 10.1. The fourth-order valence-corrected chi connectivity index (χ4v) is 2.31. The minimum absolute atomic E-state index is 0.0664. The van der Waals surface area contributed by atoms with Crippen molar-refractivity contribution in [3.05, 3.63) is 29.8 Å². The van der Waals surface area contributed by atoms with Gasteiger partial charge in [-0.3, -0.25) is 14.4 Å². The summed E-state index contributed by atoms with van der Waals surface area (Å²) in [6.45, 7) is 2.13. The zero-order valence-electron chi connectivity index (χ0n) is 11.6. The van der Waals surface area contributed by atoms with E-state index in [1.807, 2.05) is 0 Å². The third-order valence-electron chi connectivity index (χ3n) is 3.48. The maximum atomic E-state index is 11.9. The van der Waals surface area contributed by atoms with E-state index < -0.39 is 5.92 Å². The SMILES string of the molecule is CCC(=O)c1ccc(N2CC(C(=O)OC)CC2=O)cc1. The van der Waals surface area contributed by atoms with Gasteiger partial charge in [0.15, 0.2) is 5.78 Å². The second kappa shape index (κ2) is 5.86. The van der Waals surface area contributed by atoms with Crippen molar-refractivity contribution in [3.8, 4) is 0 Å². The zero-order valence-corrected chi connectivity index (χ0v) is 11.6. The van der Waals surface area contributed by atoms with Gasteiger partial charge < -0.3 is 9.64 Å². The summed E-state index contributed by atoms with van der Waals surface area (Å²) < 4.78 is 4.67. The summed E-state index contributed by atoms with van der Waals surface area (Å²) >= 11 is 0. The molecule has 1 amide bonds. The van der Waals surface area contributed by atoms with E-state index in [1.165, 1.54) is 7.11 Å². The maximum Gasteiger partial charge on any atom is 0.311 e. The van der Waals surface area contributed by atoms with Gasteiger partial charge in [-0.2, -0.15) is 0 Å². The number of ketones is 1. The van der Waals surface area contributed by atoms with Crippen molar-refractivity contribution in [1.29, 1.82) is 0 Å². The molecule has 2 rings (SSSR count). The van der Waals surface area contributed by atoms with Gasteiger partial charge >= 0.3 is 5.97 Å². The van der Waals surface area contributed by atoms with E-state index in [0.717, 1.165) is 0 Å². The predicted octanol–water partition coefficient (Wildman–Crippen LogP) is 1.81. The summed E-state index contributed by atoms with van der Waals surface area (Å²) in [7, 11) is 1.32. The topological polar surface area (TPSA) is 63.7 Å². The van der Waals surface area contributed by atoms with Gasteiger partial charge in [-0.25, -0.2) is 0 Å². The fraction of sp³-hybridized carbons (Fsp3) is 0.400. The van der Waals surface area contributed by atoms with E-state index in [2.05, 4.69) is 4.74 Å². The predicted molar refractivity (Wildman–Crippen MR) is 73.5 cm³/mol. The molecule has 1 aromatic rings. The van der Waals surface area contributed by atoms with Crippen LogP contribution in [0.5, 0.6) is 0 Å². The van der Waals surface area contributed by atoms with Crippen molar-refractivity contribution in [2.45, 2.75) is 19.8 Å². The molecule has 0 saturated carbocycles. The van der Waals surface area contributed by atoms with Gasteiger partial charge in [-0.05, 0) is 24.3 Å². The highest BCUT2D eigenvalue weighted by Crippen LogP contribution is 2.26. The van der Waals surface area contributed by atoms with E-state index in [0.29, 0.717) is 24.2 Å². The number of anilines is 1. The second-order valence-electron chi connectivity index (χ2n) is 4.75. The van der Waals surface area contributed by atoms with Crippen molar-refractivity contribution in [3.63, 3.8) is 0 Å². The number of carbonyl (C=O) groups excluding carboxylic acids is 3. The lowest BCUT2D eigenvalue weighted by Gasteiger charge is -2.16. The highest BCUT2D eigenvalue weighted by atomic mass is 16.5. The molecule has 1 heterocycles. The van der Waals surface area contributed by atoms with E-state index in [1.54, 1.807) is 36.1 Å². The number of Topliss-reactive ketones (excluding diaryl/α,β-unsaturated/α-hetero) is 1. The highest BCUT2D eigenvalue weighted by Gasteiger charge is 2.35. The van der Waals surface area contributed by atoms with Crippen LogP contribution in [0.25, 0.3) is 0 Å². The summed E-state index contributed by atoms with van der Waals surface area (Å²) in [5.74, 6) is -0.810. The van der Waals surface area contributed by atoms with Gasteiger partial charge in [-0.15, -0.1) is 0 Å². The van der Waals surface area contributed by atoms with Crippen molar-refractivity contribution in [1.82, 2.24) is 0 Å². The van der Waals surface area contributed by atoms with Crippen molar-refractivity contribution < 1.29 is 19.1 Å². The summed E-state index contributed by atoms with van der Waals surface area (Å²) in [6.07, 6.45) is 0.620. The quantitative estimate of drug-likeness (QED) is 0.621. The van der Waals surface area contributed by atoms with Crippen LogP contribution in [0.4, 0.5) is 5.69 Å². The third-order valence-corrected chi connectivity index (χ3v) is 3.48. The third kappa shape index (κ3) is 2.71. The molecule has 20 heavy (non-hydrogen) atoms. The van der Waals surface area contributed by atoms with Crippen LogP contribution in [0.15, 0.2) is 24.3 Å². The van der Waals surface area contributed by atoms with Gasteiger partial charge in [0, 0.05) is 30.6 Å². The number of nitrogens with zero attached hydrogens (tertiary/aromatic N) is 1. The van der Waals surface area contributed by atoms with Crippen LogP contribution < -0.4 is 4.90 Å². The molecule has 1 aliphatic rings. The molecule has 5 nitrogen and oxygen atoms in total. The number of benzene rings is 1. The molecular weight excluding hydrogens is 258 g/mol. The molecule has 0 bridgehead atoms. The van der Waals surface area contributed by atoms with Crippen LogP contribution in [0.2, 0.25) is 0 Å². The second-order valence-corrected chi connectivity index (χ2v) is 4.75. The van der Waals surface area contributed by atoms with Crippen LogP contribution in [0.3, 0.4) is 0 Å². The maximum absolute atomic E-state index is 11.9. The fourth-order valence-electron chi connectivity index (χ4n) is 2.31. The first-order valence-corrected chi connectivity index (χ1v) is 6.58. The number of ether oxygens (including phenoxy) is 1. The van der Waals surface area contributed by atoms with Crippen molar-refractivity contribution in [2.75, 3.05) is 18.6 Å². The Morgan fingerprint density at radius 2 is 1.95 bits per heavy atom. The Kier molecular flexibility index (Phi) is 4.17. The number of amides is 1. The lowest BCUT2D eigenvalue weighted by Crippen LogP contribution is -2.26. The molecule has 0 aromatic heterocycles. The first-order chi connectivity index (χ1) is 9.56. The summed E-state index contributed by atoms with van der Waals surface area (Å²) in [6, 6.07) is 6.89. The number of hydrogen-bond donors (Lipinski definition) is 0. The molecule has 106 valence electrons. The van der Waals surface area contributed by atoms with E-state index >= 15 is 0 Å². The lowest BCUT2D eigenvalue weighted by molar-refractivity contribution is -0.145. The smallest absolute Gasteiger partial charge is 0.311 e. The summed E-state index contributed by atoms with van der Waals surface area (Å²) in [5.41, 5.74) is 1.33. The normalized spacial score (nSPS) is 18.2. The standard InChI is InChI=1S/C15H17NO4/c1-3-13(17)10-4-6-12(7-5-10)16-9-11(8-14(16)18)15(19)20-2/h4-7,11H,3,8-9H2,1-2H3. The monoisotopic (exact) mass is 275 g/mol. The largest absolute Gasteiger partial charge is 0.469 e. The van der Waals surface area contributed by atoms with Gasteiger partial charge in [0.1, 0.15) is 0 Å². The molecule has 5 heteroatoms. The average molecular weight is 275 g/mol. The van der Waals surface area contributed by atoms with E-state index in [-0.39, 0.29) is 24.1 Å². The molecule has 0 N–H and O–H groups in total. The molecule has 1 fully saturated rings. The van der Waals surface area contributed by atoms with Gasteiger partial charge in [0.2, 0.25) is 5.91 Å². The number of carbonyl (C=O) groups is 3. The first kappa shape index (κ1) is 14.2. The highest BCUT2D eigenvalue weighted by molar-refractivity contribution is 6.00. The van der Waals surface area contributed by atoms with Crippen LogP contribution in [-0.2, 0) is 14.3 Å². The Morgan fingerprint density at radius 3 is 2.50 bits per heavy atom. The minimum atomic E-state index is -0.413. The average Bonchev–Trinajstić information content (AvgIpc) is 2.87. The molecular formula is C15H17NO4. The Bertz CT molecular complexity index is 535. The number of methoxy groups -OCH3 is 1. The van der Waals surface area contributed by atoms with E-state index in [4.69, 9.17) is 0 Å². The van der Waals surface area contributed by atoms with Crippen LogP contribution >= 0.6 is 0 Å². The van der Waals surface area contributed by atoms with Crippen molar-refractivity contribution >= 4 is 23.3 Å². The molecule has 0 spiro atoms. The summed E-state index contributed by atoms with van der Waals surface area (Å²) in [5, 5.41) is 0. The van der Waals surface area contributed by atoms with Gasteiger partial charge in [-0.1, -0.05) is 6.92 Å².